The lowest BCUT2D eigenvalue weighted by Gasteiger charge is -2.38. The minimum absolute atomic E-state index is 0.00655. The first-order chi connectivity index (χ1) is 13.5. The van der Waals surface area contributed by atoms with Gasteiger partial charge in [-0.25, -0.2) is 0 Å². The van der Waals surface area contributed by atoms with Crippen molar-refractivity contribution in [1.82, 2.24) is 19.6 Å². The van der Waals surface area contributed by atoms with Gasteiger partial charge in [-0.15, -0.1) is 0 Å². The molecule has 28 heavy (non-hydrogen) atoms. The van der Waals surface area contributed by atoms with Gasteiger partial charge < -0.3 is 14.5 Å². The summed E-state index contributed by atoms with van der Waals surface area (Å²) < 4.78 is 6.86. The molecule has 3 heterocycles. The third-order valence-corrected chi connectivity index (χ3v) is 6.25. The molecule has 7 nitrogen and oxygen atoms in total. The number of rotatable bonds is 5. The maximum absolute atomic E-state index is 13.1. The number of ether oxygens (including phenoxy) is 1. The number of methoxy groups -OCH3 is 1. The van der Waals surface area contributed by atoms with Crippen molar-refractivity contribution in [3.8, 4) is 0 Å². The number of hydrogen-bond acceptors (Lipinski definition) is 4. The van der Waals surface area contributed by atoms with Gasteiger partial charge in [-0.1, -0.05) is 18.2 Å². The number of benzene rings is 1. The monoisotopic (exact) mass is 384 g/mol. The minimum atomic E-state index is -0.00655. The summed E-state index contributed by atoms with van der Waals surface area (Å²) in [7, 11) is 3.55. The van der Waals surface area contributed by atoms with Gasteiger partial charge in [0.15, 0.2) is 5.69 Å². The van der Waals surface area contributed by atoms with Gasteiger partial charge in [-0.3, -0.25) is 14.3 Å². The molecule has 0 unspecified atom stereocenters. The first-order valence-electron chi connectivity index (χ1n) is 10.0. The van der Waals surface area contributed by atoms with Crippen molar-refractivity contribution >= 4 is 22.7 Å². The predicted molar refractivity (Wildman–Crippen MR) is 106 cm³/mol. The molecule has 2 saturated heterocycles. The smallest absolute Gasteiger partial charge is 0.275 e. The van der Waals surface area contributed by atoms with E-state index in [0.717, 1.165) is 43.3 Å². The maximum atomic E-state index is 13.1. The second-order valence-electron chi connectivity index (χ2n) is 8.12. The van der Waals surface area contributed by atoms with Crippen LogP contribution in [0.1, 0.15) is 36.2 Å². The number of hydrogen-bond donors (Lipinski definition) is 0. The second kappa shape index (κ2) is 7.54. The zero-order chi connectivity index (χ0) is 19.7. The van der Waals surface area contributed by atoms with Crippen molar-refractivity contribution in [3.63, 3.8) is 0 Å². The Morgan fingerprint density at radius 2 is 2.00 bits per heavy atom. The lowest BCUT2D eigenvalue weighted by Crippen LogP contribution is -2.44. The number of likely N-dealkylation sites (tertiary alicyclic amines) is 2. The molecule has 4 rings (SSSR count). The van der Waals surface area contributed by atoms with Crippen LogP contribution < -0.4 is 0 Å². The van der Waals surface area contributed by atoms with Crippen LogP contribution >= 0.6 is 0 Å². The van der Waals surface area contributed by atoms with E-state index in [4.69, 9.17) is 4.74 Å². The molecule has 0 N–H and O–H groups in total. The molecule has 0 atom stereocenters. The first kappa shape index (κ1) is 18.9. The van der Waals surface area contributed by atoms with E-state index in [0.29, 0.717) is 31.8 Å². The Balaban J connectivity index is 1.41. The van der Waals surface area contributed by atoms with Crippen molar-refractivity contribution < 1.29 is 14.3 Å². The molecule has 2 amide bonds. The number of aryl methyl sites for hydroxylation is 1. The van der Waals surface area contributed by atoms with E-state index in [1.165, 1.54) is 0 Å². The van der Waals surface area contributed by atoms with Gasteiger partial charge in [0.25, 0.3) is 5.91 Å². The summed E-state index contributed by atoms with van der Waals surface area (Å²) >= 11 is 0. The Kier molecular flexibility index (Phi) is 5.10. The standard InChI is InChI=1S/C21H28N4O3/c1-23-17-7-4-3-6-16(17)19(22-23)20(27)24-11-8-21(9-12-24)14-18(26)25(15-21)10-5-13-28-2/h3-4,6-7H,5,8-15H2,1-2H3. The summed E-state index contributed by atoms with van der Waals surface area (Å²) in [5, 5.41) is 5.37. The summed E-state index contributed by atoms with van der Waals surface area (Å²) in [6.07, 6.45) is 3.22. The molecule has 0 saturated carbocycles. The van der Waals surface area contributed by atoms with E-state index >= 15 is 0 Å². The molecule has 150 valence electrons. The topological polar surface area (TPSA) is 67.7 Å². The van der Waals surface area contributed by atoms with Gasteiger partial charge in [0.2, 0.25) is 5.91 Å². The van der Waals surface area contributed by atoms with Gasteiger partial charge in [-0.05, 0) is 25.3 Å². The lowest BCUT2D eigenvalue weighted by atomic mass is 9.77. The van der Waals surface area contributed by atoms with Gasteiger partial charge >= 0.3 is 0 Å². The highest BCUT2D eigenvalue weighted by Crippen LogP contribution is 2.41. The van der Waals surface area contributed by atoms with Gasteiger partial charge in [0.05, 0.1) is 5.52 Å². The number of nitrogens with zero attached hydrogens (tertiary/aromatic N) is 4. The SMILES string of the molecule is COCCCN1CC2(CCN(C(=O)c3nn(C)c4ccccc34)CC2)CC1=O. The van der Waals surface area contributed by atoms with Gasteiger partial charge in [0, 0.05) is 64.2 Å². The molecular formula is C21H28N4O3. The molecule has 0 radical (unpaired) electrons. The van der Waals surface area contributed by atoms with Crippen LogP contribution in [-0.2, 0) is 16.6 Å². The van der Waals surface area contributed by atoms with Crippen LogP contribution in [0.15, 0.2) is 24.3 Å². The Hall–Kier alpha value is -2.41. The summed E-state index contributed by atoms with van der Waals surface area (Å²) in [5.41, 5.74) is 1.51. The average molecular weight is 384 g/mol. The Labute approximate surface area is 165 Å². The van der Waals surface area contributed by atoms with Crippen LogP contribution in [0, 0.1) is 5.41 Å². The molecule has 2 aliphatic heterocycles. The molecule has 1 aromatic heterocycles. The number of carbonyl (C=O) groups is 2. The summed E-state index contributed by atoms with van der Waals surface area (Å²) in [4.78, 5) is 29.4. The summed E-state index contributed by atoms with van der Waals surface area (Å²) in [5.74, 6) is 0.236. The summed E-state index contributed by atoms with van der Waals surface area (Å²) in [6, 6.07) is 7.83. The normalized spacial score (nSPS) is 19.1. The fourth-order valence-electron chi connectivity index (χ4n) is 4.63. The van der Waals surface area contributed by atoms with Crippen molar-refractivity contribution in [2.75, 3.05) is 39.9 Å². The Morgan fingerprint density at radius 1 is 1.25 bits per heavy atom. The average Bonchev–Trinajstić information content (AvgIpc) is 3.19. The molecule has 2 aromatic rings. The van der Waals surface area contributed by atoms with Crippen molar-refractivity contribution in [2.24, 2.45) is 12.5 Å². The number of para-hydroxylation sites is 1. The van der Waals surface area contributed by atoms with Gasteiger partial charge in [0.1, 0.15) is 0 Å². The maximum Gasteiger partial charge on any atom is 0.275 e. The van der Waals surface area contributed by atoms with E-state index in [-0.39, 0.29) is 17.2 Å². The Morgan fingerprint density at radius 3 is 2.75 bits per heavy atom. The third-order valence-electron chi connectivity index (χ3n) is 6.25. The van der Waals surface area contributed by atoms with Crippen LogP contribution in [0.25, 0.3) is 10.9 Å². The number of piperidine rings is 1. The van der Waals surface area contributed by atoms with E-state index in [2.05, 4.69) is 5.10 Å². The highest BCUT2D eigenvalue weighted by molar-refractivity contribution is 6.04. The van der Waals surface area contributed by atoms with Gasteiger partial charge in [-0.2, -0.15) is 5.10 Å². The van der Waals surface area contributed by atoms with E-state index in [1.807, 2.05) is 41.1 Å². The zero-order valence-electron chi connectivity index (χ0n) is 16.7. The van der Waals surface area contributed by atoms with Crippen LogP contribution in [0.5, 0.6) is 0 Å². The van der Waals surface area contributed by atoms with Crippen LogP contribution in [0.4, 0.5) is 0 Å². The zero-order valence-corrected chi connectivity index (χ0v) is 16.7. The molecule has 2 aliphatic rings. The predicted octanol–water partition coefficient (Wildman–Crippen LogP) is 2.06. The van der Waals surface area contributed by atoms with Crippen molar-refractivity contribution in [3.05, 3.63) is 30.0 Å². The second-order valence-corrected chi connectivity index (χ2v) is 8.12. The molecule has 7 heteroatoms. The van der Waals surface area contributed by atoms with E-state index in [1.54, 1.807) is 11.8 Å². The fraction of sp³-hybridized carbons (Fsp3) is 0.571. The van der Waals surface area contributed by atoms with Crippen LogP contribution in [0.3, 0.4) is 0 Å². The fourth-order valence-corrected chi connectivity index (χ4v) is 4.63. The molecule has 0 bridgehead atoms. The largest absolute Gasteiger partial charge is 0.385 e. The van der Waals surface area contributed by atoms with E-state index < -0.39 is 0 Å². The molecule has 1 spiro atoms. The molecule has 2 fully saturated rings. The molecule has 0 aliphatic carbocycles. The van der Waals surface area contributed by atoms with Crippen molar-refractivity contribution in [1.29, 1.82) is 0 Å². The summed E-state index contributed by atoms with van der Waals surface area (Å²) in [6.45, 7) is 3.62. The highest BCUT2D eigenvalue weighted by atomic mass is 16.5. The lowest BCUT2D eigenvalue weighted by molar-refractivity contribution is -0.128. The molecule has 1 aromatic carbocycles. The van der Waals surface area contributed by atoms with Crippen LogP contribution in [0.2, 0.25) is 0 Å². The van der Waals surface area contributed by atoms with Crippen LogP contribution in [-0.4, -0.2) is 71.3 Å². The highest BCUT2D eigenvalue weighted by Gasteiger charge is 2.45. The number of carbonyl (C=O) groups excluding carboxylic acids is 2. The number of fused-ring (bicyclic) bond motifs is 1. The molecular weight excluding hydrogens is 356 g/mol. The van der Waals surface area contributed by atoms with E-state index in [9.17, 15) is 9.59 Å². The Bertz CT molecular complexity index is 883. The third kappa shape index (κ3) is 3.39. The number of amides is 2. The minimum Gasteiger partial charge on any atom is -0.385 e. The quantitative estimate of drug-likeness (QED) is 0.740. The first-order valence-corrected chi connectivity index (χ1v) is 10.0. The number of aromatic nitrogens is 2. The van der Waals surface area contributed by atoms with Crippen molar-refractivity contribution in [2.45, 2.75) is 25.7 Å².